The van der Waals surface area contributed by atoms with E-state index in [1.54, 1.807) is 30.3 Å². The maximum absolute atomic E-state index is 13.4. The van der Waals surface area contributed by atoms with E-state index in [9.17, 15) is 9.18 Å². The third-order valence-corrected chi connectivity index (χ3v) is 5.80. The van der Waals surface area contributed by atoms with Gasteiger partial charge in [0.15, 0.2) is 5.82 Å². The fraction of sp³-hybridized carbons (Fsp3) is 0.200. The van der Waals surface area contributed by atoms with Crippen LogP contribution in [-0.2, 0) is 0 Å². The van der Waals surface area contributed by atoms with Gasteiger partial charge in [0, 0.05) is 48.9 Å². The van der Waals surface area contributed by atoms with Gasteiger partial charge in [0.05, 0.1) is 5.52 Å². The van der Waals surface area contributed by atoms with E-state index < -0.39 is 0 Å². The molecule has 4 aromatic rings. The lowest BCUT2D eigenvalue weighted by Gasteiger charge is -2.34. The van der Waals surface area contributed by atoms with Crippen LogP contribution in [0.25, 0.3) is 10.9 Å². The highest BCUT2D eigenvalue weighted by molar-refractivity contribution is 6.08. The van der Waals surface area contributed by atoms with Crippen LogP contribution in [0.5, 0.6) is 11.5 Å². The number of hydrogen-bond donors (Lipinski definition) is 2. The van der Waals surface area contributed by atoms with Gasteiger partial charge < -0.3 is 19.9 Å². The Morgan fingerprint density at radius 2 is 1.76 bits per heavy atom. The SMILES string of the molecule is CN1CCN(c2ccc(C(=O)Nc3n[nH]c4ccc(Oc5cccc(F)c5)cc34)cc2)CC1. The molecule has 1 aromatic heterocycles. The number of fused-ring (bicyclic) bond motifs is 1. The van der Waals surface area contributed by atoms with E-state index in [0.29, 0.717) is 28.3 Å². The smallest absolute Gasteiger partial charge is 0.256 e. The summed E-state index contributed by atoms with van der Waals surface area (Å²) in [7, 11) is 2.13. The second-order valence-electron chi connectivity index (χ2n) is 8.13. The Labute approximate surface area is 190 Å². The normalized spacial score (nSPS) is 14.4. The maximum Gasteiger partial charge on any atom is 0.256 e. The van der Waals surface area contributed by atoms with Crippen molar-refractivity contribution in [1.82, 2.24) is 15.1 Å². The zero-order chi connectivity index (χ0) is 22.8. The van der Waals surface area contributed by atoms with Gasteiger partial charge in [-0.2, -0.15) is 5.10 Å². The average Bonchev–Trinajstić information content (AvgIpc) is 3.21. The number of halogens is 1. The lowest BCUT2D eigenvalue weighted by molar-refractivity contribution is 0.102. The highest BCUT2D eigenvalue weighted by Crippen LogP contribution is 2.29. The number of carbonyl (C=O) groups is 1. The first-order valence-electron chi connectivity index (χ1n) is 10.8. The van der Waals surface area contributed by atoms with Gasteiger partial charge >= 0.3 is 0 Å². The number of nitrogens with one attached hydrogen (secondary N) is 2. The van der Waals surface area contributed by atoms with Gasteiger partial charge in [-0.25, -0.2) is 4.39 Å². The zero-order valence-electron chi connectivity index (χ0n) is 18.2. The molecule has 0 spiro atoms. The van der Waals surface area contributed by atoms with Crippen LogP contribution < -0.4 is 15.0 Å². The summed E-state index contributed by atoms with van der Waals surface area (Å²) in [5.41, 5.74) is 2.42. The Hall–Kier alpha value is -3.91. The molecule has 5 rings (SSSR count). The Kier molecular flexibility index (Phi) is 5.66. The first kappa shape index (κ1) is 21.0. The van der Waals surface area contributed by atoms with Crippen LogP contribution in [0.2, 0.25) is 0 Å². The molecule has 3 aromatic carbocycles. The van der Waals surface area contributed by atoms with E-state index in [4.69, 9.17) is 4.74 Å². The Bertz CT molecular complexity index is 1280. The summed E-state index contributed by atoms with van der Waals surface area (Å²) >= 11 is 0. The lowest BCUT2D eigenvalue weighted by atomic mass is 10.1. The minimum absolute atomic E-state index is 0.246. The van der Waals surface area contributed by atoms with Crippen molar-refractivity contribution in [1.29, 1.82) is 0 Å². The topological polar surface area (TPSA) is 73.5 Å². The first-order chi connectivity index (χ1) is 16.0. The second kappa shape index (κ2) is 8.91. The van der Waals surface area contributed by atoms with Crippen molar-refractivity contribution in [3.05, 3.63) is 78.1 Å². The predicted molar refractivity (Wildman–Crippen MR) is 127 cm³/mol. The molecule has 168 valence electrons. The fourth-order valence-electron chi connectivity index (χ4n) is 3.89. The quantitative estimate of drug-likeness (QED) is 0.473. The number of nitrogens with zero attached hydrogens (tertiary/aromatic N) is 3. The molecule has 1 aliphatic heterocycles. The highest BCUT2D eigenvalue weighted by Gasteiger charge is 2.16. The molecule has 33 heavy (non-hydrogen) atoms. The number of hydrogen-bond acceptors (Lipinski definition) is 5. The summed E-state index contributed by atoms with van der Waals surface area (Å²) in [6.45, 7) is 4.00. The van der Waals surface area contributed by atoms with Crippen molar-refractivity contribution in [3.8, 4) is 11.5 Å². The van der Waals surface area contributed by atoms with E-state index >= 15 is 0 Å². The van der Waals surface area contributed by atoms with Crippen molar-refractivity contribution in [2.24, 2.45) is 0 Å². The fourth-order valence-corrected chi connectivity index (χ4v) is 3.89. The summed E-state index contributed by atoms with van der Waals surface area (Å²) in [6, 6.07) is 18.9. The zero-order valence-corrected chi connectivity index (χ0v) is 18.2. The molecule has 0 radical (unpaired) electrons. The molecule has 0 atom stereocenters. The van der Waals surface area contributed by atoms with Crippen LogP contribution in [0.15, 0.2) is 66.7 Å². The van der Waals surface area contributed by atoms with E-state index in [1.165, 1.54) is 12.1 Å². The van der Waals surface area contributed by atoms with Gasteiger partial charge in [-0.3, -0.25) is 9.89 Å². The number of H-pyrrole nitrogens is 1. The number of amides is 1. The van der Waals surface area contributed by atoms with E-state index in [2.05, 4.69) is 32.4 Å². The Morgan fingerprint density at radius 3 is 2.52 bits per heavy atom. The summed E-state index contributed by atoms with van der Waals surface area (Å²) in [4.78, 5) is 17.5. The minimum atomic E-state index is -0.372. The molecule has 0 bridgehead atoms. The van der Waals surface area contributed by atoms with E-state index in [0.717, 1.165) is 37.4 Å². The number of aromatic amines is 1. The molecule has 1 saturated heterocycles. The van der Waals surface area contributed by atoms with Gasteiger partial charge in [-0.1, -0.05) is 6.07 Å². The van der Waals surface area contributed by atoms with Crippen molar-refractivity contribution in [2.75, 3.05) is 43.4 Å². The second-order valence-corrected chi connectivity index (χ2v) is 8.13. The minimum Gasteiger partial charge on any atom is -0.457 e. The molecule has 8 heteroatoms. The largest absolute Gasteiger partial charge is 0.457 e. The van der Waals surface area contributed by atoms with Gasteiger partial charge in [-0.15, -0.1) is 0 Å². The summed E-state index contributed by atoms with van der Waals surface area (Å²) in [5.74, 6) is 0.696. The summed E-state index contributed by atoms with van der Waals surface area (Å²) < 4.78 is 19.2. The van der Waals surface area contributed by atoms with Crippen molar-refractivity contribution >= 4 is 28.3 Å². The average molecular weight is 445 g/mol. The molecule has 2 N–H and O–H groups in total. The molecule has 1 aliphatic rings. The standard InChI is InChI=1S/C25H24FN5O2/c1-30-11-13-31(14-12-30)19-7-5-17(6-8-19)25(32)27-24-22-16-21(9-10-23(22)28-29-24)33-20-4-2-3-18(26)15-20/h2-10,15-16H,11-14H2,1H3,(H2,27,28,29,32). The van der Waals surface area contributed by atoms with Crippen LogP contribution in [0, 0.1) is 5.82 Å². The maximum atomic E-state index is 13.4. The van der Waals surface area contributed by atoms with Gasteiger partial charge in [0.25, 0.3) is 5.91 Å². The Morgan fingerprint density at radius 1 is 1.00 bits per heavy atom. The van der Waals surface area contributed by atoms with E-state index in [-0.39, 0.29) is 11.7 Å². The third kappa shape index (κ3) is 4.65. The van der Waals surface area contributed by atoms with Crippen LogP contribution >= 0.6 is 0 Å². The number of likely N-dealkylation sites (N-methyl/N-ethyl adjacent to an activating group) is 1. The molecule has 1 fully saturated rings. The molecular formula is C25H24FN5O2. The first-order valence-corrected chi connectivity index (χ1v) is 10.8. The summed E-state index contributed by atoms with van der Waals surface area (Å²) in [5, 5.41) is 10.7. The molecule has 0 saturated carbocycles. The number of carbonyl (C=O) groups excluding carboxylic acids is 1. The number of ether oxygens (including phenoxy) is 1. The van der Waals surface area contributed by atoms with Gasteiger partial charge in [0.1, 0.15) is 17.3 Å². The molecule has 7 nitrogen and oxygen atoms in total. The van der Waals surface area contributed by atoms with Crippen molar-refractivity contribution < 1.29 is 13.9 Å². The Balaban J connectivity index is 1.30. The predicted octanol–water partition coefficient (Wildman–Crippen LogP) is 4.50. The molecular weight excluding hydrogens is 421 g/mol. The molecule has 2 heterocycles. The van der Waals surface area contributed by atoms with Gasteiger partial charge in [0.2, 0.25) is 0 Å². The van der Waals surface area contributed by atoms with E-state index in [1.807, 2.05) is 24.3 Å². The monoisotopic (exact) mass is 445 g/mol. The van der Waals surface area contributed by atoms with Gasteiger partial charge in [-0.05, 0) is 61.6 Å². The van der Waals surface area contributed by atoms with Crippen LogP contribution in [0.4, 0.5) is 15.9 Å². The molecule has 0 unspecified atom stereocenters. The van der Waals surface area contributed by atoms with Crippen molar-refractivity contribution in [2.45, 2.75) is 0 Å². The number of rotatable bonds is 5. The molecule has 0 aliphatic carbocycles. The van der Waals surface area contributed by atoms with Crippen LogP contribution in [-0.4, -0.2) is 54.2 Å². The molecule has 1 amide bonds. The number of benzene rings is 3. The number of piperazine rings is 1. The van der Waals surface area contributed by atoms with Crippen LogP contribution in [0.3, 0.4) is 0 Å². The third-order valence-electron chi connectivity index (χ3n) is 5.80. The number of anilines is 2. The number of aromatic nitrogens is 2. The van der Waals surface area contributed by atoms with Crippen LogP contribution in [0.1, 0.15) is 10.4 Å². The highest BCUT2D eigenvalue weighted by atomic mass is 19.1. The van der Waals surface area contributed by atoms with Crippen molar-refractivity contribution in [3.63, 3.8) is 0 Å². The lowest BCUT2D eigenvalue weighted by Crippen LogP contribution is -2.44. The summed E-state index contributed by atoms with van der Waals surface area (Å²) in [6.07, 6.45) is 0.